The van der Waals surface area contributed by atoms with E-state index in [0.717, 1.165) is 11.1 Å². The summed E-state index contributed by atoms with van der Waals surface area (Å²) in [6.07, 6.45) is 0. The summed E-state index contributed by atoms with van der Waals surface area (Å²) in [6.45, 7) is 7.48. The van der Waals surface area contributed by atoms with E-state index in [1.807, 2.05) is 53.1 Å². The normalized spacial score (nSPS) is 22.0. The molecule has 2 amide bonds. The van der Waals surface area contributed by atoms with Crippen molar-refractivity contribution in [1.82, 2.24) is 9.80 Å². The van der Waals surface area contributed by atoms with Gasteiger partial charge in [0.05, 0.1) is 19.1 Å². The maximum atomic E-state index is 13.4. The van der Waals surface area contributed by atoms with E-state index in [1.165, 1.54) is 11.1 Å². The Bertz CT molecular complexity index is 905. The highest BCUT2D eigenvalue weighted by molar-refractivity contribution is 5.96. The molecular weight excluding hydrogens is 364 g/mol. The van der Waals surface area contributed by atoms with Crippen LogP contribution in [-0.2, 0) is 9.53 Å². The summed E-state index contributed by atoms with van der Waals surface area (Å²) >= 11 is 0. The van der Waals surface area contributed by atoms with E-state index in [2.05, 4.69) is 19.1 Å². The molecule has 0 N–H and O–H groups in total. The Kier molecular flexibility index (Phi) is 5.67. The second kappa shape index (κ2) is 8.37. The Morgan fingerprint density at radius 3 is 2.21 bits per heavy atom. The molecule has 2 saturated heterocycles. The molecule has 0 bridgehead atoms. The first-order valence-electron chi connectivity index (χ1n) is 10.3. The molecule has 152 valence electrons. The smallest absolute Gasteiger partial charge is 0.254 e. The third-order valence-electron chi connectivity index (χ3n) is 6.21. The molecule has 0 radical (unpaired) electrons. The van der Waals surface area contributed by atoms with Crippen LogP contribution in [0.15, 0.2) is 48.5 Å². The predicted octanol–water partition coefficient (Wildman–Crippen LogP) is 3.02. The second-order valence-corrected chi connectivity index (χ2v) is 8.03. The Hall–Kier alpha value is -2.66. The van der Waals surface area contributed by atoms with Crippen LogP contribution in [0, 0.1) is 19.8 Å². The highest BCUT2D eigenvalue weighted by Gasteiger charge is 2.43. The number of likely N-dealkylation sites (tertiary alicyclic amines) is 1. The molecular formula is C24H28N2O3. The Morgan fingerprint density at radius 1 is 0.862 bits per heavy atom. The summed E-state index contributed by atoms with van der Waals surface area (Å²) in [4.78, 5) is 30.4. The number of rotatable bonds is 3. The Morgan fingerprint density at radius 2 is 1.52 bits per heavy atom. The van der Waals surface area contributed by atoms with Gasteiger partial charge in [0.2, 0.25) is 5.91 Å². The van der Waals surface area contributed by atoms with Gasteiger partial charge in [0.25, 0.3) is 5.91 Å². The molecule has 2 fully saturated rings. The van der Waals surface area contributed by atoms with Crippen molar-refractivity contribution in [3.8, 4) is 0 Å². The maximum Gasteiger partial charge on any atom is 0.254 e. The standard InChI is InChI=1S/C24H28N2O3/c1-17-7-3-5-9-19(17)21-15-26(23(27)20-10-6-4-8-18(20)2)16-22(21)24(28)25-11-13-29-14-12-25/h3-10,21-22H,11-16H2,1-2H3/t21-,22+/m0/s1. The van der Waals surface area contributed by atoms with Gasteiger partial charge in [-0.15, -0.1) is 0 Å². The molecule has 0 aliphatic carbocycles. The number of hydrogen-bond acceptors (Lipinski definition) is 3. The highest BCUT2D eigenvalue weighted by atomic mass is 16.5. The lowest BCUT2D eigenvalue weighted by Gasteiger charge is -2.31. The average molecular weight is 392 g/mol. The maximum absolute atomic E-state index is 13.4. The van der Waals surface area contributed by atoms with E-state index in [4.69, 9.17) is 4.74 Å². The molecule has 0 saturated carbocycles. The molecule has 0 aromatic heterocycles. The molecule has 2 atom stereocenters. The van der Waals surface area contributed by atoms with Crippen molar-refractivity contribution in [3.63, 3.8) is 0 Å². The average Bonchev–Trinajstić information content (AvgIpc) is 3.19. The lowest BCUT2D eigenvalue weighted by Crippen LogP contribution is -2.45. The van der Waals surface area contributed by atoms with Crippen molar-refractivity contribution in [1.29, 1.82) is 0 Å². The SMILES string of the molecule is Cc1ccccc1C(=O)N1C[C@@H](C(=O)N2CCOCC2)[C@H](c2ccccc2C)C1. The number of morpholine rings is 1. The van der Waals surface area contributed by atoms with Crippen molar-refractivity contribution in [3.05, 3.63) is 70.8 Å². The van der Waals surface area contributed by atoms with Crippen LogP contribution in [0.4, 0.5) is 0 Å². The van der Waals surface area contributed by atoms with Crippen LogP contribution in [0.1, 0.15) is 33.0 Å². The fourth-order valence-corrected chi connectivity index (χ4v) is 4.54. The molecule has 0 unspecified atom stereocenters. The first-order valence-corrected chi connectivity index (χ1v) is 10.3. The summed E-state index contributed by atoms with van der Waals surface area (Å²) < 4.78 is 5.42. The number of benzene rings is 2. The highest BCUT2D eigenvalue weighted by Crippen LogP contribution is 2.36. The lowest BCUT2D eigenvalue weighted by molar-refractivity contribution is -0.139. The summed E-state index contributed by atoms with van der Waals surface area (Å²) in [5.41, 5.74) is 4.02. The summed E-state index contributed by atoms with van der Waals surface area (Å²) in [7, 11) is 0. The van der Waals surface area contributed by atoms with Crippen LogP contribution in [-0.4, -0.2) is 61.0 Å². The van der Waals surface area contributed by atoms with E-state index in [0.29, 0.717) is 39.4 Å². The van der Waals surface area contributed by atoms with Gasteiger partial charge in [-0.1, -0.05) is 42.5 Å². The summed E-state index contributed by atoms with van der Waals surface area (Å²) in [5, 5.41) is 0. The Balaban J connectivity index is 1.64. The van der Waals surface area contributed by atoms with Crippen LogP contribution in [0.3, 0.4) is 0 Å². The first kappa shape index (κ1) is 19.6. The van der Waals surface area contributed by atoms with Crippen molar-refractivity contribution in [2.24, 2.45) is 5.92 Å². The summed E-state index contributed by atoms with van der Waals surface area (Å²) in [5.74, 6) is -0.0534. The van der Waals surface area contributed by atoms with Crippen molar-refractivity contribution in [2.75, 3.05) is 39.4 Å². The van der Waals surface area contributed by atoms with Crippen LogP contribution in [0.25, 0.3) is 0 Å². The van der Waals surface area contributed by atoms with E-state index in [1.54, 1.807) is 0 Å². The lowest BCUT2D eigenvalue weighted by atomic mass is 9.85. The van der Waals surface area contributed by atoms with Gasteiger partial charge in [0.1, 0.15) is 0 Å². The number of amides is 2. The fraction of sp³-hybridized carbons (Fsp3) is 0.417. The van der Waals surface area contributed by atoms with Crippen molar-refractivity contribution < 1.29 is 14.3 Å². The number of hydrogen-bond donors (Lipinski definition) is 0. The zero-order valence-corrected chi connectivity index (χ0v) is 17.1. The first-order chi connectivity index (χ1) is 14.1. The fourth-order valence-electron chi connectivity index (χ4n) is 4.54. The second-order valence-electron chi connectivity index (χ2n) is 8.03. The molecule has 2 aromatic rings. The molecule has 29 heavy (non-hydrogen) atoms. The molecule has 2 aliphatic heterocycles. The van der Waals surface area contributed by atoms with Gasteiger partial charge in [-0.25, -0.2) is 0 Å². The van der Waals surface area contributed by atoms with Crippen LogP contribution < -0.4 is 0 Å². The number of carbonyl (C=O) groups is 2. The minimum absolute atomic E-state index is 0.0129. The van der Waals surface area contributed by atoms with Crippen LogP contribution >= 0.6 is 0 Å². The van der Waals surface area contributed by atoms with Gasteiger partial charge in [-0.05, 0) is 36.6 Å². The zero-order chi connectivity index (χ0) is 20.4. The third kappa shape index (κ3) is 3.92. The van der Waals surface area contributed by atoms with Gasteiger partial charge in [-0.2, -0.15) is 0 Å². The minimum atomic E-state index is -0.220. The van der Waals surface area contributed by atoms with Crippen LogP contribution in [0.2, 0.25) is 0 Å². The van der Waals surface area contributed by atoms with Gasteiger partial charge in [-0.3, -0.25) is 9.59 Å². The number of carbonyl (C=O) groups excluding carboxylic acids is 2. The predicted molar refractivity (Wildman–Crippen MR) is 112 cm³/mol. The Labute approximate surface area is 172 Å². The minimum Gasteiger partial charge on any atom is -0.378 e. The van der Waals surface area contributed by atoms with E-state index < -0.39 is 0 Å². The molecule has 4 rings (SSSR count). The number of aryl methyl sites for hydroxylation is 2. The van der Waals surface area contributed by atoms with Gasteiger partial charge < -0.3 is 14.5 Å². The van der Waals surface area contributed by atoms with Crippen LogP contribution in [0.5, 0.6) is 0 Å². The molecule has 5 heteroatoms. The molecule has 2 heterocycles. The number of nitrogens with zero attached hydrogens (tertiary/aromatic N) is 2. The molecule has 5 nitrogen and oxygen atoms in total. The van der Waals surface area contributed by atoms with Gasteiger partial charge in [0.15, 0.2) is 0 Å². The monoisotopic (exact) mass is 392 g/mol. The zero-order valence-electron chi connectivity index (χ0n) is 17.1. The van der Waals surface area contributed by atoms with Crippen molar-refractivity contribution >= 4 is 11.8 Å². The van der Waals surface area contributed by atoms with E-state index in [-0.39, 0.29) is 23.7 Å². The van der Waals surface area contributed by atoms with E-state index >= 15 is 0 Å². The topological polar surface area (TPSA) is 49.9 Å². The summed E-state index contributed by atoms with van der Waals surface area (Å²) in [6, 6.07) is 15.9. The molecule has 2 aliphatic rings. The largest absolute Gasteiger partial charge is 0.378 e. The quantitative estimate of drug-likeness (QED) is 0.807. The van der Waals surface area contributed by atoms with Crippen molar-refractivity contribution in [2.45, 2.75) is 19.8 Å². The van der Waals surface area contributed by atoms with Gasteiger partial charge in [0, 0.05) is 37.7 Å². The third-order valence-corrected chi connectivity index (χ3v) is 6.21. The van der Waals surface area contributed by atoms with E-state index in [9.17, 15) is 9.59 Å². The molecule has 2 aromatic carbocycles. The van der Waals surface area contributed by atoms with Gasteiger partial charge >= 0.3 is 0 Å². The number of ether oxygens (including phenoxy) is 1. The molecule has 0 spiro atoms.